The van der Waals surface area contributed by atoms with Crippen molar-refractivity contribution in [1.29, 1.82) is 0 Å². The summed E-state index contributed by atoms with van der Waals surface area (Å²) in [5.41, 5.74) is 1.99. The standard InChI is InChI=1S/C23H24N2O3S/c26-22-21(29-23(27)25(22)17-24-13-5-2-6-14-24)15-18-9-11-20(12-10-18)28-16-19-7-3-1-4-8-19/h1,3-4,7-12,15H,2,5-6,13-14,16-17H2/b21-15+. The average Bonchev–Trinajstić information content (AvgIpc) is 3.02. The Balaban J connectivity index is 1.37. The molecule has 0 aromatic heterocycles. The molecular formula is C23H24N2O3S. The monoisotopic (exact) mass is 408 g/mol. The Bertz CT molecular complexity index is 890. The van der Waals surface area contributed by atoms with Gasteiger partial charge in [0.1, 0.15) is 12.4 Å². The molecule has 0 unspecified atom stereocenters. The molecule has 0 atom stereocenters. The normalized spacial score (nSPS) is 19.2. The van der Waals surface area contributed by atoms with E-state index in [0.717, 1.165) is 54.6 Å². The van der Waals surface area contributed by atoms with Crippen molar-refractivity contribution in [2.24, 2.45) is 0 Å². The third-order valence-corrected chi connectivity index (χ3v) is 6.00. The summed E-state index contributed by atoms with van der Waals surface area (Å²) in [6, 6.07) is 17.6. The van der Waals surface area contributed by atoms with E-state index in [1.807, 2.05) is 54.6 Å². The number of nitrogens with zero attached hydrogens (tertiary/aromatic N) is 2. The van der Waals surface area contributed by atoms with E-state index >= 15 is 0 Å². The largest absolute Gasteiger partial charge is 0.489 e. The van der Waals surface area contributed by atoms with Crippen molar-refractivity contribution in [2.45, 2.75) is 25.9 Å². The van der Waals surface area contributed by atoms with Gasteiger partial charge < -0.3 is 4.74 Å². The van der Waals surface area contributed by atoms with Crippen molar-refractivity contribution in [3.63, 3.8) is 0 Å². The Labute approximate surface area is 175 Å². The molecule has 6 heteroatoms. The van der Waals surface area contributed by atoms with Crippen LogP contribution in [0.1, 0.15) is 30.4 Å². The predicted octanol–water partition coefficient (Wildman–Crippen LogP) is 4.75. The fourth-order valence-corrected chi connectivity index (χ4v) is 4.31. The summed E-state index contributed by atoms with van der Waals surface area (Å²) in [5, 5.41) is -0.186. The van der Waals surface area contributed by atoms with E-state index < -0.39 is 0 Å². The second kappa shape index (κ2) is 9.29. The highest BCUT2D eigenvalue weighted by atomic mass is 32.2. The Hall–Kier alpha value is -2.57. The van der Waals surface area contributed by atoms with Crippen LogP contribution >= 0.6 is 11.8 Å². The van der Waals surface area contributed by atoms with Crippen LogP contribution in [0.15, 0.2) is 59.5 Å². The number of thioether (sulfide) groups is 1. The van der Waals surface area contributed by atoms with Gasteiger partial charge in [0, 0.05) is 0 Å². The van der Waals surface area contributed by atoms with Crippen molar-refractivity contribution in [1.82, 2.24) is 9.80 Å². The SMILES string of the molecule is O=C1S/C(=C/c2ccc(OCc3ccccc3)cc2)C(=O)N1CN1CCCCC1. The summed E-state index contributed by atoms with van der Waals surface area (Å²) in [5.74, 6) is 0.569. The van der Waals surface area contributed by atoms with E-state index in [4.69, 9.17) is 4.74 Å². The lowest BCUT2D eigenvalue weighted by molar-refractivity contribution is -0.124. The third kappa shape index (κ3) is 5.08. The molecule has 2 aromatic carbocycles. The Kier molecular flexibility index (Phi) is 6.32. The molecule has 2 fully saturated rings. The summed E-state index contributed by atoms with van der Waals surface area (Å²) < 4.78 is 5.80. The van der Waals surface area contributed by atoms with Gasteiger partial charge in [-0.15, -0.1) is 0 Å². The Morgan fingerprint density at radius 3 is 2.38 bits per heavy atom. The van der Waals surface area contributed by atoms with Gasteiger partial charge in [-0.1, -0.05) is 48.9 Å². The fraction of sp³-hybridized carbons (Fsp3) is 0.304. The van der Waals surface area contributed by atoms with Crippen LogP contribution in [0.4, 0.5) is 4.79 Å². The summed E-state index contributed by atoms with van der Waals surface area (Å²) in [4.78, 5) is 29.0. The molecule has 4 rings (SSSR count). The van der Waals surface area contributed by atoms with Gasteiger partial charge in [0.2, 0.25) is 0 Å². The molecule has 2 aliphatic rings. The third-order valence-electron chi connectivity index (χ3n) is 5.09. The topological polar surface area (TPSA) is 49.9 Å². The first-order chi connectivity index (χ1) is 14.2. The van der Waals surface area contributed by atoms with Crippen LogP contribution in [0, 0.1) is 0 Å². The molecule has 0 N–H and O–H groups in total. The number of carbonyl (C=O) groups excluding carboxylic acids is 2. The molecule has 2 saturated heterocycles. The second-order valence-electron chi connectivity index (χ2n) is 7.27. The van der Waals surface area contributed by atoms with Gasteiger partial charge in [-0.05, 0) is 67.0 Å². The first kappa shape index (κ1) is 19.7. The van der Waals surface area contributed by atoms with Crippen LogP contribution in [-0.2, 0) is 11.4 Å². The van der Waals surface area contributed by atoms with E-state index in [1.165, 1.54) is 11.3 Å². The number of hydrogen-bond acceptors (Lipinski definition) is 5. The predicted molar refractivity (Wildman–Crippen MR) is 115 cm³/mol. The van der Waals surface area contributed by atoms with Crippen LogP contribution in [0.2, 0.25) is 0 Å². The first-order valence-electron chi connectivity index (χ1n) is 9.93. The highest BCUT2D eigenvalue weighted by molar-refractivity contribution is 8.18. The number of piperidine rings is 1. The zero-order chi connectivity index (χ0) is 20.1. The van der Waals surface area contributed by atoms with Crippen LogP contribution in [0.25, 0.3) is 6.08 Å². The molecule has 29 heavy (non-hydrogen) atoms. The van der Waals surface area contributed by atoms with E-state index in [9.17, 15) is 9.59 Å². The number of benzene rings is 2. The molecule has 2 aliphatic heterocycles. The first-order valence-corrected chi connectivity index (χ1v) is 10.8. The van der Waals surface area contributed by atoms with E-state index in [-0.39, 0.29) is 11.1 Å². The number of rotatable bonds is 6. The number of amides is 2. The van der Waals surface area contributed by atoms with E-state index in [1.54, 1.807) is 6.08 Å². The molecule has 5 nitrogen and oxygen atoms in total. The lowest BCUT2D eigenvalue weighted by Gasteiger charge is -2.29. The minimum atomic E-state index is -0.199. The maximum atomic E-state index is 12.7. The maximum absolute atomic E-state index is 12.7. The number of ether oxygens (including phenoxy) is 1. The molecule has 0 bridgehead atoms. The van der Waals surface area contributed by atoms with Gasteiger partial charge >= 0.3 is 0 Å². The molecule has 0 spiro atoms. The average molecular weight is 409 g/mol. The van der Waals surface area contributed by atoms with Crippen molar-refractivity contribution in [2.75, 3.05) is 19.8 Å². The summed E-state index contributed by atoms with van der Waals surface area (Å²) in [6.07, 6.45) is 5.26. The smallest absolute Gasteiger partial charge is 0.294 e. The highest BCUT2D eigenvalue weighted by Crippen LogP contribution is 2.32. The lowest BCUT2D eigenvalue weighted by atomic mass is 10.1. The van der Waals surface area contributed by atoms with E-state index in [0.29, 0.717) is 18.2 Å². The van der Waals surface area contributed by atoms with Crippen LogP contribution in [-0.4, -0.2) is 40.7 Å². The minimum absolute atomic E-state index is 0.186. The number of carbonyl (C=O) groups is 2. The molecule has 0 saturated carbocycles. The molecule has 0 aliphatic carbocycles. The summed E-state index contributed by atoms with van der Waals surface area (Å²) in [6.45, 7) is 2.81. The molecule has 2 amide bonds. The minimum Gasteiger partial charge on any atom is -0.489 e. The van der Waals surface area contributed by atoms with Crippen molar-refractivity contribution >= 4 is 29.0 Å². The van der Waals surface area contributed by atoms with Crippen LogP contribution < -0.4 is 4.74 Å². The molecule has 0 radical (unpaired) electrons. The molecule has 2 heterocycles. The van der Waals surface area contributed by atoms with Crippen molar-refractivity contribution in [3.8, 4) is 5.75 Å². The second-order valence-corrected chi connectivity index (χ2v) is 8.27. The van der Waals surface area contributed by atoms with E-state index in [2.05, 4.69) is 4.90 Å². The highest BCUT2D eigenvalue weighted by Gasteiger charge is 2.36. The summed E-state index contributed by atoms with van der Waals surface area (Å²) >= 11 is 1.02. The van der Waals surface area contributed by atoms with Crippen molar-refractivity contribution < 1.29 is 14.3 Å². The molecule has 150 valence electrons. The number of imide groups is 1. The lowest BCUT2D eigenvalue weighted by Crippen LogP contribution is -2.42. The van der Waals surface area contributed by atoms with Gasteiger partial charge in [0.15, 0.2) is 0 Å². The Morgan fingerprint density at radius 2 is 1.66 bits per heavy atom. The van der Waals surface area contributed by atoms with Gasteiger partial charge in [-0.25, -0.2) is 0 Å². The quantitative estimate of drug-likeness (QED) is 0.646. The van der Waals surface area contributed by atoms with Gasteiger partial charge in [0.25, 0.3) is 11.1 Å². The van der Waals surface area contributed by atoms with Gasteiger partial charge in [-0.2, -0.15) is 0 Å². The van der Waals surface area contributed by atoms with Crippen LogP contribution in [0.3, 0.4) is 0 Å². The Morgan fingerprint density at radius 1 is 0.931 bits per heavy atom. The van der Waals surface area contributed by atoms with Crippen LogP contribution in [0.5, 0.6) is 5.75 Å². The van der Waals surface area contributed by atoms with Crippen molar-refractivity contribution in [3.05, 3.63) is 70.6 Å². The molecule has 2 aromatic rings. The summed E-state index contributed by atoms with van der Waals surface area (Å²) in [7, 11) is 0. The zero-order valence-corrected chi connectivity index (χ0v) is 17.1. The molecular weight excluding hydrogens is 384 g/mol. The fourth-order valence-electron chi connectivity index (χ4n) is 3.48. The number of likely N-dealkylation sites (tertiary alicyclic amines) is 1. The van der Waals surface area contributed by atoms with Gasteiger partial charge in [-0.3, -0.25) is 19.4 Å². The number of hydrogen-bond donors (Lipinski definition) is 0. The zero-order valence-electron chi connectivity index (χ0n) is 16.3. The maximum Gasteiger partial charge on any atom is 0.294 e. The van der Waals surface area contributed by atoms with Gasteiger partial charge in [0.05, 0.1) is 11.6 Å².